The van der Waals surface area contributed by atoms with Crippen LogP contribution in [-0.2, 0) is 0 Å². The molecule has 1 aromatic heterocycles. The van der Waals surface area contributed by atoms with E-state index in [1.54, 1.807) is 13.0 Å². The average molecular weight is 295 g/mol. The average Bonchev–Trinajstić information content (AvgIpc) is 2.85. The summed E-state index contributed by atoms with van der Waals surface area (Å²) in [6.45, 7) is 5.61. The lowest BCUT2D eigenvalue weighted by Gasteiger charge is -2.14. The van der Waals surface area contributed by atoms with Crippen LogP contribution in [0, 0.1) is 13.8 Å². The van der Waals surface area contributed by atoms with Gasteiger partial charge in [-0.3, -0.25) is 0 Å². The second kappa shape index (κ2) is 5.59. The van der Waals surface area contributed by atoms with Crippen molar-refractivity contribution in [3.05, 3.63) is 51.9 Å². The minimum absolute atomic E-state index is 0.0982. The summed E-state index contributed by atoms with van der Waals surface area (Å²) in [5.74, 6) is -0.0571. The normalized spacial score (nSPS) is 12.2. The molecule has 0 bridgehead atoms. The minimum atomic E-state index is -1.10. The highest BCUT2D eigenvalue weighted by Crippen LogP contribution is 2.29. The number of benzene rings is 1. The van der Waals surface area contributed by atoms with Crippen molar-refractivity contribution in [3.63, 3.8) is 0 Å². The van der Waals surface area contributed by atoms with Crippen molar-refractivity contribution in [2.45, 2.75) is 26.9 Å². The smallest absolute Gasteiger partial charge is 0.371 e. The third-order valence-corrected chi connectivity index (χ3v) is 3.56. The van der Waals surface area contributed by atoms with Gasteiger partial charge < -0.3 is 14.3 Å². The first-order valence-electron chi connectivity index (χ1n) is 6.15. The number of aryl methyl sites for hydroxylation is 2. The molecule has 0 spiro atoms. The number of furan rings is 1. The van der Waals surface area contributed by atoms with Crippen molar-refractivity contribution in [1.29, 1.82) is 0 Å². The summed E-state index contributed by atoms with van der Waals surface area (Å²) >= 11 is 6.10. The zero-order valence-electron chi connectivity index (χ0n) is 11.4. The van der Waals surface area contributed by atoms with Crippen molar-refractivity contribution >= 4 is 17.6 Å². The van der Waals surface area contributed by atoms with Crippen LogP contribution in [0.2, 0.25) is 5.02 Å². The van der Waals surface area contributed by atoms with E-state index in [0.29, 0.717) is 11.5 Å². The van der Waals surface area contributed by atoms with Gasteiger partial charge in [0, 0.05) is 5.02 Å². The van der Waals surface area contributed by atoms with Gasteiger partial charge in [0.1, 0.15) is 11.5 Å². The summed E-state index contributed by atoms with van der Waals surface area (Å²) in [7, 11) is 0. The summed E-state index contributed by atoms with van der Waals surface area (Å²) in [6.07, 6.45) is -0.386. The molecular formula is C15H15ClO4. The maximum absolute atomic E-state index is 10.8. The molecule has 0 saturated carbocycles. The first-order chi connectivity index (χ1) is 9.38. The number of carboxylic acids is 1. The lowest BCUT2D eigenvalue weighted by atomic mass is 10.1. The van der Waals surface area contributed by atoms with Crippen LogP contribution in [0.15, 0.2) is 28.7 Å². The number of hydrogen-bond donors (Lipinski definition) is 1. The Kier molecular flexibility index (Phi) is 4.04. The molecule has 0 amide bonds. The van der Waals surface area contributed by atoms with Crippen LogP contribution in [0.1, 0.15) is 40.5 Å². The molecule has 0 fully saturated rings. The van der Waals surface area contributed by atoms with Gasteiger partial charge in [0.15, 0.2) is 6.10 Å². The van der Waals surface area contributed by atoms with Gasteiger partial charge in [-0.1, -0.05) is 11.6 Å². The lowest BCUT2D eigenvalue weighted by Crippen LogP contribution is -2.02. The predicted molar refractivity (Wildman–Crippen MR) is 75.6 cm³/mol. The monoisotopic (exact) mass is 294 g/mol. The van der Waals surface area contributed by atoms with Gasteiger partial charge in [0.25, 0.3) is 0 Å². The number of carboxylic acid groups (broad SMARTS) is 1. The molecule has 5 heteroatoms. The summed E-state index contributed by atoms with van der Waals surface area (Å²) in [5.41, 5.74) is 1.86. The summed E-state index contributed by atoms with van der Waals surface area (Å²) in [6, 6.07) is 6.69. The van der Waals surface area contributed by atoms with Crippen LogP contribution >= 0.6 is 11.6 Å². The lowest BCUT2D eigenvalue weighted by molar-refractivity contribution is 0.0655. The summed E-state index contributed by atoms with van der Waals surface area (Å²) in [5, 5.41) is 9.54. The van der Waals surface area contributed by atoms with E-state index in [1.165, 1.54) is 6.07 Å². The molecule has 1 N–H and O–H groups in total. The molecule has 4 nitrogen and oxygen atoms in total. The van der Waals surface area contributed by atoms with Crippen LogP contribution in [-0.4, -0.2) is 11.1 Å². The largest absolute Gasteiger partial charge is 0.483 e. The molecule has 0 radical (unpaired) electrons. The fourth-order valence-corrected chi connectivity index (χ4v) is 2.03. The van der Waals surface area contributed by atoms with Crippen molar-refractivity contribution in [2.75, 3.05) is 0 Å². The third-order valence-electron chi connectivity index (χ3n) is 2.96. The number of rotatable bonds is 4. The molecule has 1 heterocycles. The van der Waals surface area contributed by atoms with Crippen molar-refractivity contribution in [3.8, 4) is 5.75 Å². The Morgan fingerprint density at radius 2 is 1.90 bits per heavy atom. The SMILES string of the molecule is Cc1cc(OC(C)c2ccc(C(=O)O)o2)cc(C)c1Cl. The van der Waals surface area contributed by atoms with E-state index in [9.17, 15) is 4.79 Å². The van der Waals surface area contributed by atoms with Crippen LogP contribution in [0.25, 0.3) is 0 Å². The Hall–Kier alpha value is -1.94. The van der Waals surface area contributed by atoms with E-state index >= 15 is 0 Å². The molecule has 2 aromatic rings. The maximum Gasteiger partial charge on any atom is 0.371 e. The molecule has 0 aliphatic rings. The van der Waals surface area contributed by atoms with Crippen LogP contribution in [0.3, 0.4) is 0 Å². The second-order valence-corrected chi connectivity index (χ2v) is 5.02. The van der Waals surface area contributed by atoms with Gasteiger partial charge in [0.05, 0.1) is 0 Å². The number of aromatic carboxylic acids is 1. The number of ether oxygens (including phenoxy) is 1. The molecule has 1 aromatic carbocycles. The molecule has 2 rings (SSSR count). The molecule has 0 aliphatic carbocycles. The number of carbonyl (C=O) groups is 1. The fraction of sp³-hybridized carbons (Fsp3) is 0.267. The topological polar surface area (TPSA) is 59.7 Å². The van der Waals surface area contributed by atoms with E-state index in [1.807, 2.05) is 26.0 Å². The van der Waals surface area contributed by atoms with Gasteiger partial charge in [-0.15, -0.1) is 0 Å². The van der Waals surface area contributed by atoms with E-state index in [-0.39, 0.29) is 11.9 Å². The first-order valence-corrected chi connectivity index (χ1v) is 6.52. The molecule has 1 unspecified atom stereocenters. The van der Waals surface area contributed by atoms with Gasteiger partial charge in [-0.25, -0.2) is 4.79 Å². The van der Waals surface area contributed by atoms with Gasteiger partial charge in [-0.05, 0) is 56.2 Å². The number of halogens is 1. The third kappa shape index (κ3) is 2.96. The molecule has 0 saturated heterocycles. The summed E-state index contributed by atoms with van der Waals surface area (Å²) in [4.78, 5) is 10.8. The van der Waals surface area contributed by atoms with Gasteiger partial charge >= 0.3 is 5.97 Å². The van der Waals surface area contributed by atoms with E-state index in [0.717, 1.165) is 16.1 Å². The zero-order valence-corrected chi connectivity index (χ0v) is 12.2. The molecule has 106 valence electrons. The predicted octanol–water partition coefficient (Wildman–Crippen LogP) is 4.39. The summed E-state index contributed by atoms with van der Waals surface area (Å²) < 4.78 is 11.0. The molecule has 20 heavy (non-hydrogen) atoms. The minimum Gasteiger partial charge on any atom is -0.483 e. The highest BCUT2D eigenvalue weighted by atomic mass is 35.5. The van der Waals surface area contributed by atoms with Crippen molar-refractivity contribution < 1.29 is 19.1 Å². The van der Waals surface area contributed by atoms with E-state index in [2.05, 4.69) is 0 Å². The molecule has 1 atom stereocenters. The highest BCUT2D eigenvalue weighted by molar-refractivity contribution is 6.32. The fourth-order valence-electron chi connectivity index (χ4n) is 1.92. The van der Waals surface area contributed by atoms with Crippen molar-refractivity contribution in [2.24, 2.45) is 0 Å². The Balaban J connectivity index is 2.18. The highest BCUT2D eigenvalue weighted by Gasteiger charge is 2.16. The Morgan fingerprint density at radius 1 is 1.30 bits per heavy atom. The van der Waals surface area contributed by atoms with Gasteiger partial charge in [0.2, 0.25) is 5.76 Å². The Morgan fingerprint density at radius 3 is 2.40 bits per heavy atom. The molecule has 0 aliphatic heterocycles. The standard InChI is InChI=1S/C15H15ClO4/c1-8-6-11(7-9(2)14(8)16)19-10(3)12-4-5-13(20-12)15(17)18/h4-7,10H,1-3H3,(H,17,18). The second-order valence-electron chi connectivity index (χ2n) is 4.64. The zero-order chi connectivity index (χ0) is 14.9. The van der Waals surface area contributed by atoms with E-state index < -0.39 is 5.97 Å². The van der Waals surface area contributed by atoms with Gasteiger partial charge in [-0.2, -0.15) is 0 Å². The number of hydrogen-bond acceptors (Lipinski definition) is 3. The van der Waals surface area contributed by atoms with Crippen LogP contribution < -0.4 is 4.74 Å². The Labute approximate surface area is 121 Å². The maximum atomic E-state index is 10.8. The van der Waals surface area contributed by atoms with E-state index in [4.69, 9.17) is 25.9 Å². The quantitative estimate of drug-likeness (QED) is 0.908. The first kappa shape index (κ1) is 14.5. The van der Waals surface area contributed by atoms with Crippen LogP contribution in [0.5, 0.6) is 5.75 Å². The van der Waals surface area contributed by atoms with Crippen LogP contribution in [0.4, 0.5) is 0 Å². The Bertz CT molecular complexity index is 622. The van der Waals surface area contributed by atoms with Crippen molar-refractivity contribution in [1.82, 2.24) is 0 Å². The molecular weight excluding hydrogens is 280 g/mol.